The van der Waals surface area contributed by atoms with Crippen LogP contribution in [0.25, 0.3) is 0 Å². The highest BCUT2D eigenvalue weighted by atomic mass is 35.5. The summed E-state index contributed by atoms with van der Waals surface area (Å²) in [5.41, 5.74) is 7.68. The van der Waals surface area contributed by atoms with Gasteiger partial charge < -0.3 is 5.73 Å². The van der Waals surface area contributed by atoms with Crippen LogP contribution in [0.1, 0.15) is 16.7 Å². The molecule has 0 aliphatic heterocycles. The number of hydrogen-bond donors (Lipinski definition) is 1. The lowest BCUT2D eigenvalue weighted by atomic mass is 10.1. The number of benzene rings is 2. The number of halogens is 1. The molecule has 1 amide bonds. The first-order valence-electron chi connectivity index (χ1n) is 7.31. The number of carbonyl (C=O) groups excluding carboxylic acids is 1. The van der Waals surface area contributed by atoms with Crippen molar-refractivity contribution in [2.45, 2.75) is 25.3 Å². The molecule has 0 aliphatic carbocycles. The first-order chi connectivity index (χ1) is 11.2. The van der Waals surface area contributed by atoms with Gasteiger partial charge in [0, 0.05) is 11.6 Å². The van der Waals surface area contributed by atoms with Gasteiger partial charge in [0.1, 0.15) is 0 Å². The van der Waals surface area contributed by atoms with Crippen LogP contribution in [0.5, 0.6) is 0 Å². The Kier molecular flexibility index (Phi) is 5.64. The molecule has 128 valence electrons. The van der Waals surface area contributed by atoms with Crippen molar-refractivity contribution in [1.29, 1.82) is 0 Å². The molecule has 0 spiro atoms. The maximum Gasteiger partial charge on any atom is 0.243 e. The van der Waals surface area contributed by atoms with Gasteiger partial charge in [-0.25, -0.2) is 8.42 Å². The second-order valence-corrected chi connectivity index (χ2v) is 7.92. The number of nitrogens with zero attached hydrogens (tertiary/aromatic N) is 1. The molecule has 2 aromatic carbocycles. The summed E-state index contributed by atoms with van der Waals surface area (Å²) >= 11 is 6.11. The summed E-state index contributed by atoms with van der Waals surface area (Å²) in [5, 5.41) is 0.433. The summed E-state index contributed by atoms with van der Waals surface area (Å²) in [7, 11) is -3.88. The molecule has 2 rings (SSSR count). The van der Waals surface area contributed by atoms with Crippen molar-refractivity contribution >= 4 is 27.5 Å². The first-order valence-corrected chi connectivity index (χ1v) is 9.12. The molecular formula is C17H19ClN2O3S. The number of rotatable bonds is 6. The summed E-state index contributed by atoms with van der Waals surface area (Å²) in [6.07, 6.45) is 0. The quantitative estimate of drug-likeness (QED) is 0.853. The molecule has 0 radical (unpaired) electrons. The van der Waals surface area contributed by atoms with E-state index in [-0.39, 0.29) is 11.4 Å². The summed E-state index contributed by atoms with van der Waals surface area (Å²) in [6.45, 7) is 3.29. The average Bonchev–Trinajstić information content (AvgIpc) is 2.51. The molecule has 7 heteroatoms. The van der Waals surface area contributed by atoms with Crippen LogP contribution in [0.4, 0.5) is 0 Å². The third-order valence-electron chi connectivity index (χ3n) is 3.75. The number of aryl methyl sites for hydroxylation is 2. The summed E-state index contributed by atoms with van der Waals surface area (Å²) in [4.78, 5) is 11.5. The van der Waals surface area contributed by atoms with E-state index in [1.807, 2.05) is 13.8 Å². The van der Waals surface area contributed by atoms with Crippen LogP contribution < -0.4 is 5.73 Å². The number of nitrogens with two attached hydrogens (primary N) is 1. The second kappa shape index (κ2) is 7.34. The molecule has 0 bridgehead atoms. The van der Waals surface area contributed by atoms with Gasteiger partial charge in [-0.3, -0.25) is 4.79 Å². The fraction of sp³-hybridized carbons (Fsp3) is 0.235. The van der Waals surface area contributed by atoms with Gasteiger partial charge in [-0.15, -0.1) is 0 Å². The molecule has 2 aromatic rings. The van der Waals surface area contributed by atoms with E-state index in [1.165, 1.54) is 6.07 Å². The first kappa shape index (κ1) is 18.4. The van der Waals surface area contributed by atoms with Crippen LogP contribution in [0.15, 0.2) is 47.4 Å². The van der Waals surface area contributed by atoms with Crippen LogP contribution in [0.2, 0.25) is 5.02 Å². The molecular weight excluding hydrogens is 348 g/mol. The minimum atomic E-state index is -3.88. The SMILES string of the molecule is Cc1ccc(S(=O)(=O)N(CC(N)=O)Cc2ccccc2Cl)cc1C. The van der Waals surface area contributed by atoms with Gasteiger partial charge in [-0.1, -0.05) is 35.9 Å². The molecule has 24 heavy (non-hydrogen) atoms. The predicted molar refractivity (Wildman–Crippen MR) is 94.2 cm³/mol. The molecule has 2 N–H and O–H groups in total. The Morgan fingerprint density at radius 2 is 1.79 bits per heavy atom. The van der Waals surface area contributed by atoms with Crippen molar-refractivity contribution in [2.24, 2.45) is 5.73 Å². The van der Waals surface area contributed by atoms with Crippen LogP contribution >= 0.6 is 11.6 Å². The second-order valence-electron chi connectivity index (χ2n) is 5.58. The van der Waals surface area contributed by atoms with E-state index >= 15 is 0 Å². The number of primary amides is 1. The van der Waals surface area contributed by atoms with Gasteiger partial charge in [-0.05, 0) is 48.7 Å². The molecule has 0 fully saturated rings. The zero-order chi connectivity index (χ0) is 17.9. The predicted octanol–water partition coefficient (Wildman–Crippen LogP) is 2.63. The lowest BCUT2D eigenvalue weighted by Gasteiger charge is -2.22. The fourth-order valence-corrected chi connectivity index (χ4v) is 3.91. The van der Waals surface area contributed by atoms with Crippen LogP contribution in [0.3, 0.4) is 0 Å². The molecule has 0 saturated carbocycles. The number of hydrogen-bond acceptors (Lipinski definition) is 3. The number of amides is 1. The van der Waals surface area contributed by atoms with Gasteiger partial charge in [0.15, 0.2) is 0 Å². The lowest BCUT2D eigenvalue weighted by Crippen LogP contribution is -2.38. The topological polar surface area (TPSA) is 80.5 Å². The van der Waals surface area contributed by atoms with Gasteiger partial charge in [0.05, 0.1) is 11.4 Å². The van der Waals surface area contributed by atoms with E-state index in [4.69, 9.17) is 17.3 Å². The zero-order valence-electron chi connectivity index (χ0n) is 13.5. The van der Waals surface area contributed by atoms with E-state index in [0.29, 0.717) is 10.6 Å². The molecule has 0 atom stereocenters. The Balaban J connectivity index is 2.44. The third-order valence-corrected chi connectivity index (χ3v) is 5.91. The maximum absolute atomic E-state index is 12.9. The molecule has 0 unspecified atom stereocenters. The number of carbonyl (C=O) groups is 1. The average molecular weight is 367 g/mol. The normalized spacial score (nSPS) is 11.7. The third kappa shape index (κ3) is 4.14. The van der Waals surface area contributed by atoms with E-state index in [0.717, 1.165) is 15.4 Å². The van der Waals surface area contributed by atoms with Crippen molar-refractivity contribution in [3.05, 3.63) is 64.2 Å². The molecule has 0 saturated heterocycles. The van der Waals surface area contributed by atoms with Gasteiger partial charge in [0.25, 0.3) is 0 Å². The Bertz CT molecular complexity index is 866. The maximum atomic E-state index is 12.9. The van der Waals surface area contributed by atoms with E-state index < -0.39 is 22.5 Å². The number of sulfonamides is 1. The van der Waals surface area contributed by atoms with Gasteiger partial charge >= 0.3 is 0 Å². The zero-order valence-corrected chi connectivity index (χ0v) is 15.1. The van der Waals surface area contributed by atoms with E-state index in [9.17, 15) is 13.2 Å². The van der Waals surface area contributed by atoms with E-state index in [1.54, 1.807) is 36.4 Å². The highest BCUT2D eigenvalue weighted by Crippen LogP contribution is 2.23. The molecule has 0 aromatic heterocycles. The minimum Gasteiger partial charge on any atom is -0.369 e. The molecule has 0 aliphatic rings. The van der Waals surface area contributed by atoms with Crippen molar-refractivity contribution < 1.29 is 13.2 Å². The van der Waals surface area contributed by atoms with Crippen molar-refractivity contribution in [1.82, 2.24) is 4.31 Å². The van der Waals surface area contributed by atoms with Crippen molar-refractivity contribution in [3.63, 3.8) is 0 Å². The van der Waals surface area contributed by atoms with Gasteiger partial charge in [0.2, 0.25) is 15.9 Å². The Labute approximate surface area is 147 Å². The standard InChI is InChI=1S/C17H19ClN2O3S/c1-12-7-8-15(9-13(12)2)24(22,23)20(11-17(19)21)10-14-5-3-4-6-16(14)18/h3-9H,10-11H2,1-2H3,(H2,19,21). The largest absolute Gasteiger partial charge is 0.369 e. The fourth-order valence-electron chi connectivity index (χ4n) is 2.24. The smallest absolute Gasteiger partial charge is 0.243 e. The van der Waals surface area contributed by atoms with Gasteiger partial charge in [-0.2, -0.15) is 4.31 Å². The lowest BCUT2D eigenvalue weighted by molar-refractivity contribution is -0.118. The van der Waals surface area contributed by atoms with Crippen molar-refractivity contribution in [2.75, 3.05) is 6.54 Å². The molecule has 5 nitrogen and oxygen atoms in total. The molecule has 0 heterocycles. The Morgan fingerprint density at radius 3 is 2.38 bits per heavy atom. The summed E-state index contributed by atoms with van der Waals surface area (Å²) in [5.74, 6) is -0.727. The summed E-state index contributed by atoms with van der Waals surface area (Å²) in [6, 6.07) is 11.7. The van der Waals surface area contributed by atoms with Crippen LogP contribution in [-0.4, -0.2) is 25.2 Å². The minimum absolute atomic E-state index is 0.0299. The highest BCUT2D eigenvalue weighted by Gasteiger charge is 2.27. The Morgan fingerprint density at radius 1 is 1.12 bits per heavy atom. The van der Waals surface area contributed by atoms with Crippen LogP contribution in [-0.2, 0) is 21.4 Å². The Hall–Kier alpha value is -1.89. The monoisotopic (exact) mass is 366 g/mol. The summed E-state index contributed by atoms with van der Waals surface area (Å²) < 4.78 is 26.9. The van der Waals surface area contributed by atoms with Crippen molar-refractivity contribution in [3.8, 4) is 0 Å². The van der Waals surface area contributed by atoms with E-state index in [2.05, 4.69) is 0 Å². The van der Waals surface area contributed by atoms with Crippen LogP contribution in [0, 0.1) is 13.8 Å². The highest BCUT2D eigenvalue weighted by molar-refractivity contribution is 7.89.